The molecule has 1 rings (SSSR count). The third-order valence-corrected chi connectivity index (χ3v) is 3.89. The van der Waals surface area contributed by atoms with Gasteiger partial charge in [0.2, 0.25) is 5.91 Å². The van der Waals surface area contributed by atoms with E-state index in [2.05, 4.69) is 11.4 Å². The van der Waals surface area contributed by atoms with Crippen molar-refractivity contribution in [3.63, 3.8) is 0 Å². The average Bonchev–Trinajstić information content (AvgIpc) is 2.65. The summed E-state index contributed by atoms with van der Waals surface area (Å²) in [6.45, 7) is 7.09. The van der Waals surface area contributed by atoms with E-state index in [0.29, 0.717) is 5.56 Å². The van der Waals surface area contributed by atoms with Crippen LogP contribution in [0.5, 0.6) is 0 Å². The molecule has 0 N–H and O–H groups in total. The molecule has 0 aromatic heterocycles. The Balaban J connectivity index is 3.07. The molecule has 0 aliphatic carbocycles. The lowest BCUT2D eigenvalue weighted by Gasteiger charge is -2.20. The Morgan fingerprint density at radius 3 is 2.52 bits per heavy atom. The first-order chi connectivity index (χ1) is 12.9. The third kappa shape index (κ3) is 6.99. The van der Waals surface area contributed by atoms with Crippen molar-refractivity contribution in [2.24, 2.45) is 5.92 Å². The van der Waals surface area contributed by atoms with E-state index >= 15 is 0 Å². The van der Waals surface area contributed by atoms with E-state index in [4.69, 9.17) is 10.3 Å². The first-order valence-electron chi connectivity index (χ1n) is 8.83. The quantitative estimate of drug-likeness (QED) is 0.158. The van der Waals surface area contributed by atoms with Crippen LogP contribution < -0.4 is 0 Å². The SMILES string of the molecule is C=CCCC(C)CC(=O)N(Cc1ccccc1)C(=O)C(=[N+]=[N-])C(=O)OCC. The molecule has 0 aliphatic rings. The number of amides is 2. The van der Waals surface area contributed by atoms with E-state index in [0.717, 1.165) is 17.7 Å². The second-order valence-electron chi connectivity index (χ2n) is 6.12. The zero-order valence-corrected chi connectivity index (χ0v) is 15.8. The van der Waals surface area contributed by atoms with Gasteiger partial charge in [-0.1, -0.05) is 43.3 Å². The van der Waals surface area contributed by atoms with Gasteiger partial charge in [-0.25, -0.2) is 4.79 Å². The van der Waals surface area contributed by atoms with Gasteiger partial charge in [-0.2, -0.15) is 4.79 Å². The summed E-state index contributed by atoms with van der Waals surface area (Å²) < 4.78 is 4.73. The Hall–Kier alpha value is -3.05. The number of rotatable bonds is 10. The number of hydrogen-bond acceptors (Lipinski definition) is 4. The van der Waals surface area contributed by atoms with Crippen molar-refractivity contribution in [1.82, 2.24) is 4.90 Å². The average molecular weight is 371 g/mol. The highest BCUT2D eigenvalue weighted by atomic mass is 16.5. The highest BCUT2D eigenvalue weighted by Crippen LogP contribution is 2.15. The fourth-order valence-electron chi connectivity index (χ4n) is 2.45. The summed E-state index contributed by atoms with van der Waals surface area (Å²) in [6.07, 6.45) is 3.40. The molecule has 0 heterocycles. The normalized spacial score (nSPS) is 11.0. The van der Waals surface area contributed by atoms with Crippen LogP contribution in [0.15, 0.2) is 43.0 Å². The maximum absolute atomic E-state index is 12.8. The van der Waals surface area contributed by atoms with Gasteiger partial charge >= 0.3 is 17.6 Å². The minimum atomic E-state index is -1.07. The predicted octanol–water partition coefficient (Wildman–Crippen LogP) is 2.77. The minimum absolute atomic E-state index is 0.0103. The number of hydrogen-bond donors (Lipinski definition) is 0. The van der Waals surface area contributed by atoms with Gasteiger partial charge < -0.3 is 10.3 Å². The lowest BCUT2D eigenvalue weighted by Crippen LogP contribution is -2.44. The van der Waals surface area contributed by atoms with Gasteiger partial charge in [0.25, 0.3) is 0 Å². The largest absolute Gasteiger partial charge is 0.463 e. The Labute approximate surface area is 159 Å². The van der Waals surface area contributed by atoms with E-state index in [1.54, 1.807) is 37.3 Å². The fraction of sp³-hybridized carbons (Fsp3) is 0.400. The molecule has 1 unspecified atom stereocenters. The number of benzene rings is 1. The molecule has 0 radical (unpaired) electrons. The van der Waals surface area contributed by atoms with E-state index in [1.807, 2.05) is 13.0 Å². The number of ether oxygens (including phenoxy) is 1. The van der Waals surface area contributed by atoms with E-state index in [1.165, 1.54) is 0 Å². The Morgan fingerprint density at radius 2 is 1.96 bits per heavy atom. The molecule has 7 heteroatoms. The Bertz CT molecular complexity index is 724. The summed E-state index contributed by atoms with van der Waals surface area (Å²) in [5, 5.41) is 0. The van der Waals surface area contributed by atoms with Crippen LogP contribution in [-0.4, -0.2) is 39.8 Å². The van der Waals surface area contributed by atoms with Gasteiger partial charge in [0.05, 0.1) is 13.2 Å². The summed E-state index contributed by atoms with van der Waals surface area (Å²) in [5.41, 5.74) is 8.99. The monoisotopic (exact) mass is 371 g/mol. The fourth-order valence-corrected chi connectivity index (χ4v) is 2.45. The zero-order chi connectivity index (χ0) is 20.2. The smallest absolute Gasteiger partial charge is 0.457 e. The van der Waals surface area contributed by atoms with Gasteiger partial charge in [-0.3, -0.25) is 14.5 Å². The summed E-state index contributed by atoms with van der Waals surface area (Å²) in [6, 6.07) is 8.89. The lowest BCUT2D eigenvalue weighted by molar-refractivity contribution is -0.148. The Morgan fingerprint density at radius 1 is 1.30 bits per heavy atom. The topological polar surface area (TPSA) is 100 Å². The van der Waals surface area contributed by atoms with Crippen LogP contribution in [0.25, 0.3) is 5.53 Å². The minimum Gasteiger partial charge on any atom is -0.457 e. The molecule has 1 aromatic carbocycles. The van der Waals surface area contributed by atoms with Crippen molar-refractivity contribution < 1.29 is 23.9 Å². The van der Waals surface area contributed by atoms with Crippen molar-refractivity contribution in [2.45, 2.75) is 39.7 Å². The van der Waals surface area contributed by atoms with E-state index < -0.39 is 23.5 Å². The van der Waals surface area contributed by atoms with Crippen LogP contribution in [0.2, 0.25) is 0 Å². The molecule has 27 heavy (non-hydrogen) atoms. The summed E-state index contributed by atoms with van der Waals surface area (Å²) >= 11 is 0. The maximum atomic E-state index is 12.8. The van der Waals surface area contributed by atoms with Crippen molar-refractivity contribution in [1.29, 1.82) is 0 Å². The lowest BCUT2D eigenvalue weighted by atomic mass is 10.0. The molecular formula is C20H25N3O4. The van der Waals surface area contributed by atoms with E-state index in [9.17, 15) is 14.4 Å². The highest BCUT2D eigenvalue weighted by molar-refractivity contribution is 6.62. The number of allylic oxidation sites excluding steroid dienone is 1. The molecule has 7 nitrogen and oxygen atoms in total. The molecule has 2 amide bonds. The molecule has 0 aliphatic heterocycles. The number of imide groups is 1. The van der Waals surface area contributed by atoms with Crippen molar-refractivity contribution in [3.05, 3.63) is 54.1 Å². The number of carbonyl (C=O) groups excluding carboxylic acids is 3. The molecule has 0 fully saturated rings. The van der Waals surface area contributed by atoms with Crippen LogP contribution in [0.3, 0.4) is 0 Å². The molecule has 144 valence electrons. The first-order valence-corrected chi connectivity index (χ1v) is 8.83. The second-order valence-corrected chi connectivity index (χ2v) is 6.12. The van der Waals surface area contributed by atoms with Crippen LogP contribution in [0, 0.1) is 5.92 Å². The number of nitrogens with zero attached hydrogens (tertiary/aromatic N) is 3. The standard InChI is InChI=1S/C20H25N3O4/c1-4-6-10-15(3)13-17(24)23(14-16-11-8-7-9-12-16)19(25)18(22-21)20(26)27-5-2/h4,7-9,11-12,15H,1,5-6,10,13-14H2,2-3H3. The van der Waals surface area contributed by atoms with Crippen LogP contribution in [-0.2, 0) is 25.7 Å². The molecule has 0 spiro atoms. The van der Waals surface area contributed by atoms with Gasteiger partial charge in [0.1, 0.15) is 0 Å². The third-order valence-electron chi connectivity index (χ3n) is 3.89. The predicted molar refractivity (Wildman–Crippen MR) is 100 cm³/mol. The zero-order valence-electron chi connectivity index (χ0n) is 15.8. The van der Waals surface area contributed by atoms with Gasteiger partial charge in [-0.05, 0) is 31.2 Å². The second kappa shape index (κ2) is 11.5. The maximum Gasteiger partial charge on any atom is 0.463 e. The molecular weight excluding hydrogens is 346 g/mol. The van der Waals surface area contributed by atoms with Crippen molar-refractivity contribution >= 4 is 23.5 Å². The highest BCUT2D eigenvalue weighted by Gasteiger charge is 2.38. The Kier molecular flexibility index (Phi) is 9.40. The first kappa shape index (κ1) is 22.0. The van der Waals surface area contributed by atoms with Crippen LogP contribution in [0.4, 0.5) is 0 Å². The summed E-state index contributed by atoms with van der Waals surface area (Å²) in [4.78, 5) is 41.0. The van der Waals surface area contributed by atoms with Crippen molar-refractivity contribution in [2.75, 3.05) is 6.61 Å². The molecule has 0 saturated heterocycles. The van der Waals surface area contributed by atoms with Crippen molar-refractivity contribution in [3.8, 4) is 0 Å². The van der Waals surface area contributed by atoms with E-state index in [-0.39, 0.29) is 25.5 Å². The molecule has 0 bridgehead atoms. The summed E-state index contributed by atoms with van der Waals surface area (Å²) in [5.74, 6) is -2.49. The number of esters is 1. The molecule has 1 aromatic rings. The van der Waals surface area contributed by atoms with Gasteiger partial charge in [0, 0.05) is 6.42 Å². The van der Waals surface area contributed by atoms with Crippen LogP contribution >= 0.6 is 0 Å². The van der Waals surface area contributed by atoms with Crippen LogP contribution in [0.1, 0.15) is 38.7 Å². The molecule has 1 atom stereocenters. The molecule has 0 saturated carbocycles. The number of carbonyl (C=O) groups is 3. The summed E-state index contributed by atoms with van der Waals surface area (Å²) in [7, 11) is 0. The van der Waals surface area contributed by atoms with Gasteiger partial charge in [-0.15, -0.1) is 6.58 Å². The van der Waals surface area contributed by atoms with Gasteiger partial charge in [0.15, 0.2) is 0 Å².